The second-order valence-corrected chi connectivity index (χ2v) is 7.63. The predicted octanol–water partition coefficient (Wildman–Crippen LogP) is 5.82. The van der Waals surface area contributed by atoms with Crippen LogP contribution in [0.3, 0.4) is 0 Å². The average Bonchev–Trinajstić information content (AvgIpc) is 3.27. The van der Waals surface area contributed by atoms with Crippen LogP contribution in [0.15, 0.2) is 97.2 Å². The number of carbonyl (C=O) groups excluding carboxylic acids is 1. The number of benzene rings is 3. The Morgan fingerprint density at radius 2 is 1.47 bits per heavy atom. The molecule has 6 nitrogen and oxygen atoms in total. The molecule has 0 aliphatic carbocycles. The normalized spacial score (nSPS) is 10.9. The molecular formula is C28H23N3O3. The lowest BCUT2D eigenvalue weighted by atomic mass is 10.0. The highest BCUT2D eigenvalue weighted by Gasteiger charge is 2.24. The third-order valence-corrected chi connectivity index (χ3v) is 5.44. The largest absolute Gasteiger partial charge is 0.487 e. The van der Waals surface area contributed by atoms with E-state index in [9.17, 15) is 4.79 Å². The zero-order valence-electron chi connectivity index (χ0n) is 18.7. The maximum Gasteiger partial charge on any atom is 0.341 e. The highest BCUT2D eigenvalue weighted by molar-refractivity contribution is 5.97. The molecule has 0 unspecified atom stereocenters. The first-order chi connectivity index (χ1) is 16.8. The minimum absolute atomic E-state index is 0.251. The van der Waals surface area contributed by atoms with E-state index in [2.05, 4.69) is 4.98 Å². The van der Waals surface area contributed by atoms with Crippen molar-refractivity contribution in [3.8, 4) is 28.1 Å². The molecule has 0 bridgehead atoms. The van der Waals surface area contributed by atoms with E-state index in [0.717, 1.165) is 28.1 Å². The summed E-state index contributed by atoms with van der Waals surface area (Å²) in [6.45, 7) is 2.31. The van der Waals surface area contributed by atoms with Crippen LogP contribution in [-0.2, 0) is 11.3 Å². The van der Waals surface area contributed by atoms with Crippen LogP contribution in [0.4, 0.5) is 0 Å². The molecule has 0 spiro atoms. The van der Waals surface area contributed by atoms with Crippen LogP contribution in [-0.4, -0.2) is 27.2 Å². The van der Waals surface area contributed by atoms with Crippen LogP contribution in [0.2, 0.25) is 0 Å². The van der Waals surface area contributed by atoms with Gasteiger partial charge in [0.2, 0.25) is 0 Å². The van der Waals surface area contributed by atoms with Crippen LogP contribution in [0.25, 0.3) is 28.0 Å². The fraction of sp³-hybridized carbons (Fsp3) is 0.107. The molecule has 0 saturated carbocycles. The molecule has 5 aromatic rings. The maximum absolute atomic E-state index is 12.8. The summed E-state index contributed by atoms with van der Waals surface area (Å²) in [5, 5.41) is 4.91. The lowest BCUT2D eigenvalue weighted by molar-refractivity contribution is 0.0526. The SMILES string of the molecule is CCOC(=O)c1cnc2c(-c3ccccc3)c(COc3ccccc3)nn2c1-c1ccccc1. The summed E-state index contributed by atoms with van der Waals surface area (Å²) >= 11 is 0. The number of rotatable bonds is 7. The second kappa shape index (κ2) is 9.58. The number of fused-ring (bicyclic) bond motifs is 1. The number of para-hydroxylation sites is 1. The first kappa shape index (κ1) is 21.4. The molecule has 0 atom stereocenters. The number of ether oxygens (including phenoxy) is 2. The van der Waals surface area contributed by atoms with Crippen LogP contribution < -0.4 is 4.74 Å². The summed E-state index contributed by atoms with van der Waals surface area (Å²) in [4.78, 5) is 17.5. The predicted molar refractivity (Wildman–Crippen MR) is 131 cm³/mol. The van der Waals surface area contributed by atoms with Crippen molar-refractivity contribution in [3.63, 3.8) is 0 Å². The van der Waals surface area contributed by atoms with Crippen molar-refractivity contribution in [3.05, 3.63) is 108 Å². The molecule has 168 valence electrons. The van der Waals surface area contributed by atoms with Gasteiger partial charge < -0.3 is 9.47 Å². The number of carbonyl (C=O) groups is 1. The summed E-state index contributed by atoms with van der Waals surface area (Å²) in [7, 11) is 0. The molecule has 0 aliphatic rings. The zero-order chi connectivity index (χ0) is 23.3. The third kappa shape index (κ3) is 4.13. The van der Waals surface area contributed by atoms with E-state index < -0.39 is 5.97 Å². The summed E-state index contributed by atoms with van der Waals surface area (Å²) < 4.78 is 13.1. The highest BCUT2D eigenvalue weighted by Crippen LogP contribution is 2.33. The van der Waals surface area contributed by atoms with Gasteiger partial charge in [0.05, 0.1) is 17.9 Å². The van der Waals surface area contributed by atoms with Gasteiger partial charge in [0.15, 0.2) is 5.65 Å². The molecule has 0 amide bonds. The summed E-state index contributed by atoms with van der Waals surface area (Å²) in [5.74, 6) is 0.316. The van der Waals surface area contributed by atoms with Gasteiger partial charge in [-0.25, -0.2) is 14.3 Å². The number of hydrogen-bond donors (Lipinski definition) is 0. The molecule has 5 rings (SSSR count). The van der Waals surface area contributed by atoms with E-state index in [1.807, 2.05) is 91.0 Å². The molecule has 3 aromatic carbocycles. The fourth-order valence-corrected chi connectivity index (χ4v) is 3.93. The van der Waals surface area contributed by atoms with Crippen LogP contribution in [0, 0.1) is 0 Å². The molecular weight excluding hydrogens is 426 g/mol. The third-order valence-electron chi connectivity index (χ3n) is 5.44. The quantitative estimate of drug-likeness (QED) is 0.293. The molecule has 0 N–H and O–H groups in total. The van der Waals surface area contributed by atoms with Gasteiger partial charge in [-0.3, -0.25) is 0 Å². The average molecular weight is 450 g/mol. The molecule has 2 heterocycles. The van der Waals surface area contributed by atoms with Gasteiger partial charge in [-0.1, -0.05) is 78.9 Å². The molecule has 0 radical (unpaired) electrons. The van der Waals surface area contributed by atoms with Gasteiger partial charge in [-0.15, -0.1) is 0 Å². The Balaban J connectivity index is 1.73. The van der Waals surface area contributed by atoms with Crippen molar-refractivity contribution in [2.45, 2.75) is 13.5 Å². The second-order valence-electron chi connectivity index (χ2n) is 7.63. The van der Waals surface area contributed by atoms with Gasteiger partial charge in [0, 0.05) is 11.8 Å². The van der Waals surface area contributed by atoms with E-state index in [4.69, 9.17) is 14.6 Å². The maximum atomic E-state index is 12.8. The number of hydrogen-bond acceptors (Lipinski definition) is 5. The van der Waals surface area contributed by atoms with Crippen molar-refractivity contribution in [2.24, 2.45) is 0 Å². The standard InChI is InChI=1S/C28H23N3O3/c1-2-33-28(32)23-18-29-27-25(20-12-6-3-7-13-20)24(19-34-22-16-10-5-11-17-22)30-31(27)26(23)21-14-8-4-9-15-21/h3-18H,2,19H2,1H3. The first-order valence-corrected chi connectivity index (χ1v) is 11.1. The van der Waals surface area contributed by atoms with Crippen molar-refractivity contribution in [1.29, 1.82) is 0 Å². The van der Waals surface area contributed by atoms with Gasteiger partial charge in [-0.2, -0.15) is 5.10 Å². The Labute approximate surface area is 197 Å². The Morgan fingerprint density at radius 3 is 2.12 bits per heavy atom. The van der Waals surface area contributed by atoms with Gasteiger partial charge in [0.25, 0.3) is 0 Å². The number of nitrogens with zero attached hydrogens (tertiary/aromatic N) is 3. The Morgan fingerprint density at radius 1 is 0.853 bits per heavy atom. The van der Waals surface area contributed by atoms with E-state index in [0.29, 0.717) is 16.9 Å². The van der Waals surface area contributed by atoms with E-state index in [1.165, 1.54) is 0 Å². The minimum atomic E-state index is -0.436. The summed E-state index contributed by atoms with van der Waals surface area (Å²) in [5.41, 5.74) is 5.04. The topological polar surface area (TPSA) is 65.7 Å². The lowest BCUT2D eigenvalue weighted by Gasteiger charge is -2.11. The molecule has 34 heavy (non-hydrogen) atoms. The van der Waals surface area contributed by atoms with E-state index in [-0.39, 0.29) is 13.2 Å². The Kier molecular flexibility index (Phi) is 6.03. The number of esters is 1. The molecule has 0 aliphatic heterocycles. The van der Waals surface area contributed by atoms with Crippen LogP contribution >= 0.6 is 0 Å². The highest BCUT2D eigenvalue weighted by atomic mass is 16.5. The first-order valence-electron chi connectivity index (χ1n) is 11.1. The van der Waals surface area contributed by atoms with E-state index >= 15 is 0 Å². The van der Waals surface area contributed by atoms with E-state index in [1.54, 1.807) is 17.6 Å². The Bertz CT molecular complexity index is 1420. The Hall–Kier alpha value is -4.45. The summed E-state index contributed by atoms with van der Waals surface area (Å²) in [6, 6.07) is 29.3. The molecule has 2 aromatic heterocycles. The smallest absolute Gasteiger partial charge is 0.341 e. The minimum Gasteiger partial charge on any atom is -0.487 e. The molecule has 0 saturated heterocycles. The van der Waals surface area contributed by atoms with Gasteiger partial charge in [-0.05, 0) is 24.6 Å². The zero-order valence-corrected chi connectivity index (χ0v) is 18.7. The monoisotopic (exact) mass is 449 g/mol. The van der Waals surface area contributed by atoms with Crippen molar-refractivity contribution in [2.75, 3.05) is 6.61 Å². The molecule has 0 fully saturated rings. The van der Waals surface area contributed by atoms with Crippen LogP contribution in [0.1, 0.15) is 23.0 Å². The fourth-order valence-electron chi connectivity index (χ4n) is 3.93. The van der Waals surface area contributed by atoms with Gasteiger partial charge in [0.1, 0.15) is 23.6 Å². The molecule has 6 heteroatoms. The van der Waals surface area contributed by atoms with Crippen molar-refractivity contribution in [1.82, 2.24) is 14.6 Å². The lowest BCUT2D eigenvalue weighted by Crippen LogP contribution is -2.11. The van der Waals surface area contributed by atoms with Crippen molar-refractivity contribution < 1.29 is 14.3 Å². The van der Waals surface area contributed by atoms with Crippen LogP contribution in [0.5, 0.6) is 5.75 Å². The van der Waals surface area contributed by atoms with Gasteiger partial charge >= 0.3 is 5.97 Å². The summed E-state index contributed by atoms with van der Waals surface area (Å²) in [6.07, 6.45) is 1.58. The number of aromatic nitrogens is 3. The van der Waals surface area contributed by atoms with Crippen molar-refractivity contribution >= 4 is 11.6 Å².